The minimum Gasteiger partial charge on any atom is -0.497 e. The van der Waals surface area contributed by atoms with Gasteiger partial charge in [-0.25, -0.2) is 0 Å². The molecule has 0 bridgehead atoms. The van der Waals surface area contributed by atoms with Gasteiger partial charge in [-0.1, -0.05) is 18.2 Å². The van der Waals surface area contributed by atoms with Gasteiger partial charge in [0.1, 0.15) is 5.75 Å². The van der Waals surface area contributed by atoms with Crippen LogP contribution in [-0.4, -0.2) is 26.7 Å². The van der Waals surface area contributed by atoms with E-state index in [9.17, 15) is 0 Å². The lowest BCUT2D eigenvalue weighted by molar-refractivity contribution is 0.293. The standard InChI is InChI=1S/C23H26N4OS/c1-16(2)26-14-6-8-20(26)22-21(19-7-4-5-13-24-19)25-23(29)27(22)15-17-9-11-18(28-3)12-10-17/h4-14,16,21-22H,15H2,1-3H3,(H,25,29)/t21-,22-/m1/s1. The normalized spacial score (nSPS) is 18.9. The van der Waals surface area contributed by atoms with Crippen molar-refractivity contribution in [1.82, 2.24) is 19.8 Å². The Labute approximate surface area is 177 Å². The third kappa shape index (κ3) is 3.85. The largest absolute Gasteiger partial charge is 0.497 e. The van der Waals surface area contributed by atoms with Crippen LogP contribution in [0.5, 0.6) is 5.75 Å². The van der Waals surface area contributed by atoms with Gasteiger partial charge < -0.3 is 19.5 Å². The van der Waals surface area contributed by atoms with Crippen molar-refractivity contribution in [3.05, 3.63) is 83.9 Å². The van der Waals surface area contributed by atoms with Crippen LogP contribution in [0.15, 0.2) is 67.0 Å². The van der Waals surface area contributed by atoms with Crippen molar-refractivity contribution in [2.24, 2.45) is 0 Å². The van der Waals surface area contributed by atoms with Crippen LogP contribution in [0.1, 0.15) is 48.9 Å². The molecule has 1 aliphatic rings. The van der Waals surface area contributed by atoms with Crippen LogP contribution in [0.3, 0.4) is 0 Å². The highest BCUT2D eigenvalue weighted by molar-refractivity contribution is 7.80. The summed E-state index contributed by atoms with van der Waals surface area (Å²) < 4.78 is 7.61. The molecule has 6 heteroatoms. The first-order valence-electron chi connectivity index (χ1n) is 9.86. The van der Waals surface area contributed by atoms with Crippen LogP contribution in [0, 0.1) is 0 Å². The van der Waals surface area contributed by atoms with E-state index >= 15 is 0 Å². The van der Waals surface area contributed by atoms with E-state index in [1.807, 2.05) is 30.5 Å². The van der Waals surface area contributed by atoms with Gasteiger partial charge in [0.25, 0.3) is 0 Å². The van der Waals surface area contributed by atoms with Gasteiger partial charge in [0.05, 0.1) is 24.9 Å². The Bertz CT molecular complexity index is 968. The van der Waals surface area contributed by atoms with Gasteiger partial charge in [-0.2, -0.15) is 0 Å². The van der Waals surface area contributed by atoms with Crippen molar-refractivity contribution < 1.29 is 4.74 Å². The SMILES string of the molecule is COc1ccc(CN2C(=S)N[C@H](c3ccccn3)[C@H]2c2cccn2C(C)C)cc1. The summed E-state index contributed by atoms with van der Waals surface area (Å²) in [5, 5.41) is 4.27. The Kier molecular flexibility index (Phi) is 5.53. The number of rotatable bonds is 6. The molecule has 3 heterocycles. The van der Waals surface area contributed by atoms with Crippen molar-refractivity contribution >= 4 is 17.3 Å². The fourth-order valence-corrected chi connectivity index (χ4v) is 4.26. The van der Waals surface area contributed by atoms with E-state index in [4.69, 9.17) is 17.0 Å². The zero-order chi connectivity index (χ0) is 20.4. The molecule has 0 unspecified atom stereocenters. The lowest BCUT2D eigenvalue weighted by Crippen LogP contribution is -2.30. The van der Waals surface area contributed by atoms with Gasteiger partial charge in [-0.3, -0.25) is 4.98 Å². The number of methoxy groups -OCH3 is 1. The van der Waals surface area contributed by atoms with Gasteiger partial charge in [0, 0.05) is 30.7 Å². The van der Waals surface area contributed by atoms with Crippen molar-refractivity contribution in [1.29, 1.82) is 0 Å². The van der Waals surface area contributed by atoms with Crippen molar-refractivity contribution in [2.45, 2.75) is 38.5 Å². The number of hydrogen-bond acceptors (Lipinski definition) is 3. The maximum Gasteiger partial charge on any atom is 0.170 e. The third-order valence-corrected chi connectivity index (χ3v) is 5.73. The molecule has 0 saturated carbocycles. The summed E-state index contributed by atoms with van der Waals surface area (Å²) in [6, 6.07) is 18.9. The lowest BCUT2D eigenvalue weighted by atomic mass is 10.0. The predicted octanol–water partition coefficient (Wildman–Crippen LogP) is 4.65. The second-order valence-electron chi connectivity index (χ2n) is 7.54. The molecule has 1 aromatic carbocycles. The molecule has 5 nitrogen and oxygen atoms in total. The van der Waals surface area contributed by atoms with E-state index in [1.54, 1.807) is 7.11 Å². The Hall–Kier alpha value is -2.86. The minimum absolute atomic E-state index is 0.00523. The van der Waals surface area contributed by atoms with Crippen LogP contribution in [0.2, 0.25) is 0 Å². The topological polar surface area (TPSA) is 42.3 Å². The summed E-state index contributed by atoms with van der Waals surface area (Å²) in [5.41, 5.74) is 3.41. The summed E-state index contributed by atoms with van der Waals surface area (Å²) in [7, 11) is 1.68. The summed E-state index contributed by atoms with van der Waals surface area (Å²) in [5.74, 6) is 0.854. The van der Waals surface area contributed by atoms with Crippen LogP contribution >= 0.6 is 12.2 Å². The fourth-order valence-electron chi connectivity index (χ4n) is 3.95. The molecule has 2 aromatic heterocycles. The van der Waals surface area contributed by atoms with Crippen LogP contribution in [0.4, 0.5) is 0 Å². The molecular weight excluding hydrogens is 380 g/mol. The zero-order valence-electron chi connectivity index (χ0n) is 16.9. The number of nitrogens with one attached hydrogen (secondary N) is 1. The van der Waals surface area contributed by atoms with E-state index in [2.05, 4.69) is 70.1 Å². The number of thiocarbonyl (C=S) groups is 1. The van der Waals surface area contributed by atoms with Crippen molar-refractivity contribution in [3.63, 3.8) is 0 Å². The number of benzene rings is 1. The Morgan fingerprint density at radius 1 is 1.10 bits per heavy atom. The van der Waals surface area contributed by atoms with Crippen molar-refractivity contribution in [3.8, 4) is 5.75 Å². The van der Waals surface area contributed by atoms with Crippen LogP contribution < -0.4 is 10.1 Å². The maximum absolute atomic E-state index is 5.78. The highest BCUT2D eigenvalue weighted by Gasteiger charge is 2.41. The first-order valence-corrected chi connectivity index (χ1v) is 10.3. The number of nitrogens with zero attached hydrogens (tertiary/aromatic N) is 3. The lowest BCUT2D eigenvalue weighted by Gasteiger charge is -2.30. The molecule has 1 aliphatic heterocycles. The number of ether oxygens (including phenoxy) is 1. The molecule has 4 rings (SSSR count). The zero-order valence-corrected chi connectivity index (χ0v) is 17.8. The summed E-state index contributed by atoms with van der Waals surface area (Å²) >= 11 is 5.78. The summed E-state index contributed by atoms with van der Waals surface area (Å²) in [6.45, 7) is 5.12. The average molecular weight is 407 g/mol. The maximum atomic E-state index is 5.78. The average Bonchev–Trinajstić information content (AvgIpc) is 3.34. The number of aromatic nitrogens is 2. The molecule has 1 saturated heterocycles. The summed E-state index contributed by atoms with van der Waals surface area (Å²) in [6.07, 6.45) is 3.98. The highest BCUT2D eigenvalue weighted by atomic mass is 32.1. The molecule has 0 amide bonds. The third-order valence-electron chi connectivity index (χ3n) is 5.38. The molecule has 0 spiro atoms. The van der Waals surface area contributed by atoms with Gasteiger partial charge >= 0.3 is 0 Å². The van der Waals surface area contributed by atoms with E-state index in [0.717, 1.165) is 16.6 Å². The second kappa shape index (κ2) is 8.25. The molecule has 1 fully saturated rings. The smallest absolute Gasteiger partial charge is 0.170 e. The molecule has 0 radical (unpaired) electrons. The molecular formula is C23H26N4OS. The highest BCUT2D eigenvalue weighted by Crippen LogP contribution is 2.40. The Morgan fingerprint density at radius 3 is 2.55 bits per heavy atom. The van der Waals surface area contributed by atoms with Gasteiger partial charge in [0.2, 0.25) is 0 Å². The number of pyridine rings is 1. The second-order valence-corrected chi connectivity index (χ2v) is 7.92. The molecule has 29 heavy (non-hydrogen) atoms. The molecule has 150 valence electrons. The van der Waals surface area contributed by atoms with E-state index in [-0.39, 0.29) is 12.1 Å². The first-order chi connectivity index (χ1) is 14.1. The van der Waals surface area contributed by atoms with Crippen LogP contribution in [0.25, 0.3) is 0 Å². The summed E-state index contributed by atoms with van der Waals surface area (Å²) in [4.78, 5) is 6.89. The molecule has 1 N–H and O–H groups in total. The van der Waals surface area contributed by atoms with E-state index in [1.165, 1.54) is 11.3 Å². The molecule has 2 atom stereocenters. The van der Waals surface area contributed by atoms with E-state index < -0.39 is 0 Å². The monoisotopic (exact) mass is 406 g/mol. The van der Waals surface area contributed by atoms with Gasteiger partial charge in [-0.05, 0) is 68.0 Å². The quantitative estimate of drug-likeness (QED) is 0.604. The Morgan fingerprint density at radius 2 is 1.90 bits per heavy atom. The number of hydrogen-bond donors (Lipinski definition) is 1. The predicted molar refractivity (Wildman–Crippen MR) is 119 cm³/mol. The first kappa shape index (κ1) is 19.5. The molecule has 3 aromatic rings. The van der Waals surface area contributed by atoms with Gasteiger partial charge in [-0.15, -0.1) is 0 Å². The van der Waals surface area contributed by atoms with Crippen LogP contribution in [-0.2, 0) is 6.54 Å². The van der Waals surface area contributed by atoms with Crippen molar-refractivity contribution in [2.75, 3.05) is 7.11 Å². The minimum atomic E-state index is -0.00523. The van der Waals surface area contributed by atoms with E-state index in [0.29, 0.717) is 12.6 Å². The Balaban J connectivity index is 1.73. The fraction of sp³-hybridized carbons (Fsp3) is 0.304. The van der Waals surface area contributed by atoms with Gasteiger partial charge in [0.15, 0.2) is 5.11 Å². The molecule has 0 aliphatic carbocycles.